The lowest BCUT2D eigenvalue weighted by molar-refractivity contribution is 0.0525. The van der Waals surface area contributed by atoms with Crippen LogP contribution in [0.15, 0.2) is 5.38 Å². The lowest BCUT2D eigenvalue weighted by Gasteiger charge is -2.27. The maximum Gasteiger partial charge on any atom is 0.367 e. The summed E-state index contributed by atoms with van der Waals surface area (Å²) in [5.41, 5.74) is 0.294. The summed E-state index contributed by atoms with van der Waals surface area (Å²) in [4.78, 5) is 29.4. The summed E-state index contributed by atoms with van der Waals surface area (Å²) in [5, 5.41) is 1.81. The van der Waals surface area contributed by atoms with Crippen molar-refractivity contribution in [2.24, 2.45) is 5.92 Å². The molecule has 0 aliphatic carbocycles. The molecular weight excluding hydrogens is 264 g/mol. The van der Waals surface area contributed by atoms with Crippen LogP contribution in [0.3, 0.4) is 0 Å². The molecule has 0 aromatic carbocycles. The smallest absolute Gasteiger partial charge is 0.367 e. The maximum atomic E-state index is 12.2. The van der Waals surface area contributed by atoms with Gasteiger partial charge in [0.25, 0.3) is 5.91 Å². The molecule has 0 saturated heterocycles. The molecule has 0 spiro atoms. The van der Waals surface area contributed by atoms with Crippen molar-refractivity contribution in [2.45, 2.75) is 33.7 Å². The Bertz CT molecular complexity index is 456. The third kappa shape index (κ3) is 3.76. The van der Waals surface area contributed by atoms with Gasteiger partial charge >= 0.3 is 5.97 Å². The monoisotopic (exact) mass is 284 g/mol. The molecule has 0 N–H and O–H groups in total. The van der Waals surface area contributed by atoms with Crippen LogP contribution < -0.4 is 0 Å². The van der Waals surface area contributed by atoms with Gasteiger partial charge in [0.2, 0.25) is 5.01 Å². The lowest BCUT2D eigenvalue weighted by Crippen LogP contribution is -2.38. The van der Waals surface area contributed by atoms with Crippen molar-refractivity contribution in [1.82, 2.24) is 9.88 Å². The summed E-state index contributed by atoms with van der Waals surface area (Å²) >= 11 is 1.13. The number of carbonyl (C=O) groups is 2. The molecule has 1 unspecified atom stereocenters. The fourth-order valence-corrected chi connectivity index (χ4v) is 2.15. The Morgan fingerprint density at radius 2 is 2.05 bits per heavy atom. The van der Waals surface area contributed by atoms with Gasteiger partial charge < -0.3 is 9.64 Å². The van der Waals surface area contributed by atoms with Crippen molar-refractivity contribution < 1.29 is 14.3 Å². The van der Waals surface area contributed by atoms with E-state index in [0.29, 0.717) is 18.2 Å². The quantitative estimate of drug-likeness (QED) is 0.779. The first kappa shape index (κ1) is 15.6. The number of ether oxygens (including phenoxy) is 1. The van der Waals surface area contributed by atoms with Crippen molar-refractivity contribution in [1.29, 1.82) is 0 Å². The Kier molecular flexibility index (Phi) is 5.47. The number of hydrogen-bond acceptors (Lipinski definition) is 5. The molecule has 1 aromatic rings. The highest BCUT2D eigenvalue weighted by atomic mass is 32.1. The molecule has 0 radical (unpaired) electrons. The standard InChI is InChI=1S/C13H20N2O3S/c1-6-18-13(17)11-14-10(7-19-11)12(16)15(5)9(4)8(2)3/h7-9H,6H2,1-5H3. The van der Waals surface area contributed by atoms with Crippen LogP contribution >= 0.6 is 11.3 Å². The van der Waals surface area contributed by atoms with Gasteiger partial charge in [-0.1, -0.05) is 13.8 Å². The number of aromatic nitrogens is 1. The molecule has 0 aliphatic heterocycles. The number of thiazole rings is 1. The number of hydrogen-bond donors (Lipinski definition) is 0. The summed E-state index contributed by atoms with van der Waals surface area (Å²) in [5.74, 6) is -0.295. The zero-order chi connectivity index (χ0) is 14.6. The Morgan fingerprint density at radius 1 is 1.42 bits per heavy atom. The van der Waals surface area contributed by atoms with E-state index in [2.05, 4.69) is 18.8 Å². The zero-order valence-electron chi connectivity index (χ0n) is 12.0. The zero-order valence-corrected chi connectivity index (χ0v) is 12.8. The van der Waals surface area contributed by atoms with E-state index in [0.717, 1.165) is 11.3 Å². The third-order valence-corrected chi connectivity index (χ3v) is 3.89. The Labute approximate surface area is 117 Å². The highest BCUT2D eigenvalue weighted by Gasteiger charge is 2.23. The normalized spacial score (nSPS) is 12.3. The highest BCUT2D eigenvalue weighted by Crippen LogP contribution is 2.16. The van der Waals surface area contributed by atoms with Gasteiger partial charge in [-0.25, -0.2) is 9.78 Å². The molecule has 1 heterocycles. The van der Waals surface area contributed by atoms with E-state index >= 15 is 0 Å². The Morgan fingerprint density at radius 3 is 2.58 bits per heavy atom. The van der Waals surface area contributed by atoms with Crippen LogP contribution in [-0.2, 0) is 4.74 Å². The van der Waals surface area contributed by atoms with E-state index < -0.39 is 5.97 Å². The van der Waals surface area contributed by atoms with Gasteiger partial charge in [0.1, 0.15) is 5.69 Å². The molecule has 1 rings (SSSR count). The van der Waals surface area contributed by atoms with Crippen molar-refractivity contribution in [3.63, 3.8) is 0 Å². The van der Waals surface area contributed by atoms with Gasteiger partial charge in [0, 0.05) is 18.5 Å². The predicted octanol–water partition coefficient (Wildman–Crippen LogP) is 2.44. The third-order valence-electron chi connectivity index (χ3n) is 3.07. The van der Waals surface area contributed by atoms with Crippen LogP contribution in [0.1, 0.15) is 48.0 Å². The Balaban J connectivity index is 2.81. The second-order valence-electron chi connectivity index (χ2n) is 4.66. The minimum absolute atomic E-state index is 0.111. The molecule has 6 heteroatoms. The summed E-state index contributed by atoms with van der Waals surface area (Å²) in [6.07, 6.45) is 0. The van der Waals surface area contributed by atoms with Crippen LogP contribution in [-0.4, -0.2) is 41.5 Å². The minimum Gasteiger partial charge on any atom is -0.461 e. The molecule has 106 valence electrons. The molecule has 5 nitrogen and oxygen atoms in total. The second kappa shape index (κ2) is 6.65. The average Bonchev–Trinajstić information content (AvgIpc) is 2.85. The lowest BCUT2D eigenvalue weighted by atomic mass is 10.1. The minimum atomic E-state index is -0.480. The SMILES string of the molecule is CCOC(=O)c1nc(C(=O)N(C)C(C)C(C)C)cs1. The molecule has 0 fully saturated rings. The molecule has 1 atom stereocenters. The van der Waals surface area contributed by atoms with Crippen LogP contribution in [0, 0.1) is 5.92 Å². The molecule has 1 aromatic heterocycles. The Hall–Kier alpha value is -1.43. The van der Waals surface area contributed by atoms with E-state index in [1.807, 2.05) is 6.92 Å². The summed E-state index contributed by atoms with van der Waals surface area (Å²) < 4.78 is 4.85. The van der Waals surface area contributed by atoms with Crippen LogP contribution in [0.4, 0.5) is 0 Å². The van der Waals surface area contributed by atoms with Gasteiger partial charge in [0.15, 0.2) is 0 Å². The fraction of sp³-hybridized carbons (Fsp3) is 0.615. The molecule has 19 heavy (non-hydrogen) atoms. The maximum absolute atomic E-state index is 12.2. The number of rotatable bonds is 5. The number of esters is 1. The summed E-state index contributed by atoms with van der Waals surface area (Å²) in [6.45, 7) is 8.13. The number of carbonyl (C=O) groups excluding carboxylic acids is 2. The van der Waals surface area contributed by atoms with E-state index in [1.54, 1.807) is 24.3 Å². The first-order chi connectivity index (χ1) is 8.88. The first-order valence-corrected chi connectivity index (χ1v) is 7.16. The van der Waals surface area contributed by atoms with E-state index in [9.17, 15) is 9.59 Å². The van der Waals surface area contributed by atoms with Crippen molar-refractivity contribution in [2.75, 3.05) is 13.7 Å². The van der Waals surface area contributed by atoms with E-state index in [1.165, 1.54) is 0 Å². The molecular formula is C13H20N2O3S. The highest BCUT2D eigenvalue weighted by molar-refractivity contribution is 7.11. The average molecular weight is 284 g/mol. The van der Waals surface area contributed by atoms with Gasteiger partial charge in [0.05, 0.1) is 6.61 Å². The summed E-state index contributed by atoms with van der Waals surface area (Å²) in [7, 11) is 1.75. The van der Waals surface area contributed by atoms with E-state index in [4.69, 9.17) is 4.74 Å². The predicted molar refractivity (Wildman–Crippen MR) is 74.5 cm³/mol. The molecule has 1 amide bonds. The topological polar surface area (TPSA) is 59.5 Å². The molecule has 0 aliphatic rings. The largest absolute Gasteiger partial charge is 0.461 e. The fourth-order valence-electron chi connectivity index (χ4n) is 1.47. The van der Waals surface area contributed by atoms with Crippen molar-refractivity contribution in [3.05, 3.63) is 16.1 Å². The first-order valence-electron chi connectivity index (χ1n) is 6.28. The van der Waals surface area contributed by atoms with Crippen LogP contribution in [0.2, 0.25) is 0 Å². The van der Waals surface area contributed by atoms with Gasteiger partial charge in [-0.15, -0.1) is 11.3 Å². The van der Waals surface area contributed by atoms with E-state index in [-0.39, 0.29) is 17.0 Å². The van der Waals surface area contributed by atoms with Gasteiger partial charge in [-0.05, 0) is 19.8 Å². The van der Waals surface area contributed by atoms with Crippen LogP contribution in [0.5, 0.6) is 0 Å². The molecule has 0 bridgehead atoms. The second-order valence-corrected chi connectivity index (χ2v) is 5.52. The van der Waals surface area contributed by atoms with Gasteiger partial charge in [-0.2, -0.15) is 0 Å². The van der Waals surface area contributed by atoms with Crippen LogP contribution in [0.25, 0.3) is 0 Å². The molecule has 0 saturated carbocycles. The summed E-state index contributed by atoms with van der Waals surface area (Å²) in [6, 6.07) is 0.111. The number of nitrogens with zero attached hydrogens (tertiary/aromatic N) is 2. The van der Waals surface area contributed by atoms with Crippen molar-refractivity contribution >= 4 is 23.2 Å². The van der Waals surface area contributed by atoms with Gasteiger partial charge in [-0.3, -0.25) is 4.79 Å². The van der Waals surface area contributed by atoms with Crippen molar-refractivity contribution in [3.8, 4) is 0 Å². The number of amides is 1.